The molecule has 0 spiro atoms. The molecule has 1 aromatic carbocycles. The lowest BCUT2D eigenvalue weighted by Crippen LogP contribution is -2.17. The SMILES string of the molecule is COc1ccc(C(CC(N)=O)c2oc(C)cc(=O)c2O)cc1O. The number of ether oxygens (including phenoxy) is 1. The van der Waals surface area contributed by atoms with E-state index in [9.17, 15) is 19.8 Å². The number of phenols is 1. The molecule has 1 unspecified atom stereocenters. The van der Waals surface area contributed by atoms with E-state index in [1.807, 2.05) is 0 Å². The molecule has 1 amide bonds. The second-order valence-electron chi connectivity index (χ2n) is 5.09. The summed E-state index contributed by atoms with van der Waals surface area (Å²) in [6.07, 6.45) is -0.203. The van der Waals surface area contributed by atoms with Crippen LogP contribution in [0.2, 0.25) is 0 Å². The maximum Gasteiger partial charge on any atom is 0.227 e. The molecule has 0 aliphatic carbocycles. The fraction of sp³-hybridized carbons (Fsp3) is 0.250. The average molecular weight is 319 g/mol. The first-order valence-electron chi connectivity index (χ1n) is 6.82. The molecule has 0 aliphatic rings. The number of rotatable bonds is 5. The summed E-state index contributed by atoms with van der Waals surface area (Å²) in [5, 5.41) is 19.9. The molecule has 4 N–H and O–H groups in total. The van der Waals surface area contributed by atoms with Crippen LogP contribution in [0.5, 0.6) is 17.2 Å². The van der Waals surface area contributed by atoms with Gasteiger partial charge in [0, 0.05) is 12.5 Å². The Hall–Kier alpha value is -2.96. The van der Waals surface area contributed by atoms with Gasteiger partial charge in [-0.15, -0.1) is 0 Å². The molecule has 7 heteroatoms. The number of benzene rings is 1. The van der Waals surface area contributed by atoms with Gasteiger partial charge < -0.3 is 25.1 Å². The zero-order valence-corrected chi connectivity index (χ0v) is 12.7. The fourth-order valence-electron chi connectivity index (χ4n) is 2.35. The average Bonchev–Trinajstić information content (AvgIpc) is 2.48. The van der Waals surface area contributed by atoms with Crippen LogP contribution in [0, 0.1) is 6.92 Å². The molecular formula is C16H17NO6. The molecule has 0 fully saturated rings. The second-order valence-corrected chi connectivity index (χ2v) is 5.09. The molecule has 7 nitrogen and oxygen atoms in total. The monoisotopic (exact) mass is 319 g/mol. The quantitative estimate of drug-likeness (QED) is 0.765. The minimum Gasteiger partial charge on any atom is -0.504 e. The van der Waals surface area contributed by atoms with Gasteiger partial charge in [0.05, 0.1) is 13.0 Å². The van der Waals surface area contributed by atoms with Gasteiger partial charge >= 0.3 is 0 Å². The Bertz CT molecular complexity index is 796. The van der Waals surface area contributed by atoms with Crippen molar-refractivity contribution < 1.29 is 24.2 Å². The third-order valence-corrected chi connectivity index (χ3v) is 3.40. The number of primary amides is 1. The van der Waals surface area contributed by atoms with E-state index in [1.54, 1.807) is 13.0 Å². The number of phenolic OH excluding ortho intramolecular Hbond substituents is 1. The van der Waals surface area contributed by atoms with Gasteiger partial charge in [-0.2, -0.15) is 0 Å². The van der Waals surface area contributed by atoms with Crippen LogP contribution in [-0.4, -0.2) is 23.2 Å². The van der Waals surface area contributed by atoms with Crippen molar-refractivity contribution in [3.63, 3.8) is 0 Å². The Morgan fingerprint density at radius 3 is 2.61 bits per heavy atom. The van der Waals surface area contributed by atoms with Gasteiger partial charge in [0.15, 0.2) is 17.3 Å². The lowest BCUT2D eigenvalue weighted by Gasteiger charge is -2.17. The predicted octanol–water partition coefficient (Wildman–Crippen LogP) is 1.38. The van der Waals surface area contributed by atoms with Crippen LogP contribution < -0.4 is 15.9 Å². The molecule has 0 saturated carbocycles. The first-order valence-corrected chi connectivity index (χ1v) is 6.82. The summed E-state index contributed by atoms with van der Waals surface area (Å²) in [6, 6.07) is 5.61. The highest BCUT2D eigenvalue weighted by Gasteiger charge is 2.25. The van der Waals surface area contributed by atoms with Crippen molar-refractivity contribution in [1.29, 1.82) is 0 Å². The Balaban J connectivity index is 2.60. The smallest absolute Gasteiger partial charge is 0.227 e. The molecule has 1 heterocycles. The highest BCUT2D eigenvalue weighted by Crippen LogP contribution is 2.36. The van der Waals surface area contributed by atoms with E-state index in [4.69, 9.17) is 14.9 Å². The van der Waals surface area contributed by atoms with E-state index < -0.39 is 23.0 Å². The number of nitrogens with two attached hydrogens (primary N) is 1. The standard InChI is InChI=1S/C16H17NO6/c1-8-5-12(19)15(21)16(23-8)10(7-14(17)20)9-3-4-13(22-2)11(18)6-9/h3-6,10,18,21H,7H2,1-2H3,(H2,17,20). The summed E-state index contributed by atoms with van der Waals surface area (Å²) in [7, 11) is 1.40. The Labute approximate surface area is 131 Å². The summed E-state index contributed by atoms with van der Waals surface area (Å²) < 4.78 is 10.4. The first kappa shape index (κ1) is 16.4. The van der Waals surface area contributed by atoms with E-state index in [1.165, 1.54) is 19.2 Å². The number of methoxy groups -OCH3 is 1. The van der Waals surface area contributed by atoms with Crippen molar-refractivity contribution in [2.24, 2.45) is 5.73 Å². The van der Waals surface area contributed by atoms with Crippen LogP contribution in [0.4, 0.5) is 0 Å². The topological polar surface area (TPSA) is 123 Å². The van der Waals surface area contributed by atoms with Crippen molar-refractivity contribution >= 4 is 5.91 Å². The highest BCUT2D eigenvalue weighted by atomic mass is 16.5. The molecule has 1 aromatic heterocycles. The molecule has 122 valence electrons. The maximum absolute atomic E-state index is 11.8. The molecule has 0 aliphatic heterocycles. The number of carbonyl (C=O) groups is 1. The Kier molecular flexibility index (Phi) is 4.59. The van der Waals surface area contributed by atoms with E-state index in [0.717, 1.165) is 6.07 Å². The molecule has 0 bridgehead atoms. The lowest BCUT2D eigenvalue weighted by atomic mass is 9.91. The molecule has 2 rings (SSSR count). The Morgan fingerprint density at radius 2 is 2.04 bits per heavy atom. The van der Waals surface area contributed by atoms with Crippen LogP contribution >= 0.6 is 0 Å². The van der Waals surface area contributed by atoms with Gasteiger partial charge in [-0.05, 0) is 24.6 Å². The number of aromatic hydroxyl groups is 2. The van der Waals surface area contributed by atoms with Crippen LogP contribution in [-0.2, 0) is 4.79 Å². The number of hydrogen-bond donors (Lipinski definition) is 3. The third kappa shape index (κ3) is 3.45. The van der Waals surface area contributed by atoms with E-state index in [0.29, 0.717) is 5.56 Å². The number of hydrogen-bond acceptors (Lipinski definition) is 6. The minimum absolute atomic E-state index is 0.0710. The highest BCUT2D eigenvalue weighted by molar-refractivity contribution is 5.75. The van der Waals surface area contributed by atoms with Crippen molar-refractivity contribution in [2.75, 3.05) is 7.11 Å². The molecule has 23 heavy (non-hydrogen) atoms. The van der Waals surface area contributed by atoms with Crippen molar-refractivity contribution in [3.8, 4) is 17.2 Å². The normalized spacial score (nSPS) is 11.9. The van der Waals surface area contributed by atoms with E-state index in [2.05, 4.69) is 0 Å². The molecule has 0 saturated heterocycles. The summed E-state index contributed by atoms with van der Waals surface area (Å²) in [4.78, 5) is 23.1. The third-order valence-electron chi connectivity index (χ3n) is 3.40. The Morgan fingerprint density at radius 1 is 1.35 bits per heavy atom. The van der Waals surface area contributed by atoms with Gasteiger partial charge in [0.2, 0.25) is 17.1 Å². The van der Waals surface area contributed by atoms with Crippen LogP contribution in [0.25, 0.3) is 0 Å². The molecule has 2 aromatic rings. The first-order chi connectivity index (χ1) is 10.8. The maximum atomic E-state index is 11.8. The van der Waals surface area contributed by atoms with Crippen molar-refractivity contribution in [1.82, 2.24) is 0 Å². The summed E-state index contributed by atoms with van der Waals surface area (Å²) in [5.74, 6) is -1.72. The largest absolute Gasteiger partial charge is 0.504 e. The summed E-state index contributed by atoms with van der Waals surface area (Å²) in [5.41, 5.74) is 5.10. The van der Waals surface area contributed by atoms with Gasteiger partial charge in [-0.25, -0.2) is 0 Å². The van der Waals surface area contributed by atoms with Gasteiger partial charge in [-0.3, -0.25) is 9.59 Å². The number of carbonyl (C=O) groups excluding carboxylic acids is 1. The molecule has 1 atom stereocenters. The second kappa shape index (κ2) is 6.43. The number of aryl methyl sites for hydroxylation is 1. The minimum atomic E-state index is -0.808. The summed E-state index contributed by atoms with van der Waals surface area (Å²) >= 11 is 0. The lowest BCUT2D eigenvalue weighted by molar-refractivity contribution is -0.118. The van der Waals surface area contributed by atoms with Crippen molar-refractivity contribution in [2.45, 2.75) is 19.3 Å². The van der Waals surface area contributed by atoms with Crippen LogP contribution in [0.1, 0.15) is 29.4 Å². The van der Waals surface area contributed by atoms with E-state index in [-0.39, 0.29) is 29.4 Å². The van der Waals surface area contributed by atoms with Crippen molar-refractivity contribution in [3.05, 3.63) is 51.6 Å². The van der Waals surface area contributed by atoms with Gasteiger partial charge in [0.25, 0.3) is 0 Å². The van der Waals surface area contributed by atoms with Crippen LogP contribution in [0.3, 0.4) is 0 Å². The zero-order valence-electron chi connectivity index (χ0n) is 12.7. The predicted molar refractivity (Wildman–Crippen MR) is 81.7 cm³/mol. The fourth-order valence-corrected chi connectivity index (χ4v) is 2.35. The van der Waals surface area contributed by atoms with Gasteiger partial charge in [-0.1, -0.05) is 6.07 Å². The zero-order chi connectivity index (χ0) is 17.1. The molecular weight excluding hydrogens is 302 g/mol. The summed E-state index contributed by atoms with van der Waals surface area (Å²) in [6.45, 7) is 1.55. The number of amides is 1. The molecule has 0 radical (unpaired) electrons. The van der Waals surface area contributed by atoms with E-state index >= 15 is 0 Å². The van der Waals surface area contributed by atoms with Crippen LogP contribution in [0.15, 0.2) is 33.5 Å². The van der Waals surface area contributed by atoms with Gasteiger partial charge in [0.1, 0.15) is 5.76 Å².